The number of hydrogen-bond donors (Lipinski definition) is 1. The van der Waals surface area contributed by atoms with E-state index >= 15 is 0 Å². The molecule has 1 aliphatic rings. The highest BCUT2D eigenvalue weighted by Gasteiger charge is 2.29. The van der Waals surface area contributed by atoms with E-state index in [-0.39, 0.29) is 0 Å². The molecular formula is C18H27Cl2N. The van der Waals surface area contributed by atoms with Crippen molar-refractivity contribution in [2.75, 3.05) is 6.54 Å². The lowest BCUT2D eigenvalue weighted by Gasteiger charge is -2.37. The number of halogens is 2. The molecule has 21 heavy (non-hydrogen) atoms. The van der Waals surface area contributed by atoms with Crippen molar-refractivity contribution >= 4 is 23.2 Å². The van der Waals surface area contributed by atoms with Crippen molar-refractivity contribution in [2.24, 2.45) is 11.8 Å². The minimum atomic E-state index is 0.628. The number of nitrogens with one attached hydrogen (secondary N) is 1. The highest BCUT2D eigenvalue weighted by atomic mass is 35.5. The van der Waals surface area contributed by atoms with Crippen molar-refractivity contribution in [1.82, 2.24) is 5.32 Å². The Kier molecular flexibility index (Phi) is 6.85. The van der Waals surface area contributed by atoms with Crippen LogP contribution in [0.1, 0.15) is 51.5 Å². The van der Waals surface area contributed by atoms with Crippen molar-refractivity contribution in [1.29, 1.82) is 0 Å². The number of benzene rings is 1. The van der Waals surface area contributed by atoms with Gasteiger partial charge in [-0.1, -0.05) is 43.5 Å². The van der Waals surface area contributed by atoms with Crippen molar-refractivity contribution in [3.63, 3.8) is 0 Å². The molecule has 3 unspecified atom stereocenters. The first-order valence-electron chi connectivity index (χ1n) is 8.31. The predicted octanol–water partition coefficient (Wildman–Crippen LogP) is 5.73. The van der Waals surface area contributed by atoms with Gasteiger partial charge in [0.15, 0.2) is 0 Å². The fraction of sp³-hybridized carbons (Fsp3) is 0.667. The monoisotopic (exact) mass is 327 g/mol. The maximum Gasteiger partial charge on any atom is 0.0439 e. The van der Waals surface area contributed by atoms with Crippen molar-refractivity contribution < 1.29 is 0 Å². The molecule has 1 N–H and O–H groups in total. The Balaban J connectivity index is 2.09. The second kappa shape index (κ2) is 8.41. The third-order valence-electron chi connectivity index (χ3n) is 4.81. The zero-order valence-electron chi connectivity index (χ0n) is 13.2. The quantitative estimate of drug-likeness (QED) is 0.703. The molecule has 1 fully saturated rings. The Bertz CT molecular complexity index is 447. The first-order chi connectivity index (χ1) is 10.1. The van der Waals surface area contributed by atoms with E-state index in [9.17, 15) is 0 Å². The van der Waals surface area contributed by atoms with Gasteiger partial charge in [-0.25, -0.2) is 0 Å². The molecular weight excluding hydrogens is 301 g/mol. The van der Waals surface area contributed by atoms with Crippen LogP contribution in [0.3, 0.4) is 0 Å². The molecule has 1 aliphatic carbocycles. The van der Waals surface area contributed by atoms with Crippen LogP contribution < -0.4 is 5.32 Å². The highest BCUT2D eigenvalue weighted by Crippen LogP contribution is 2.35. The smallest absolute Gasteiger partial charge is 0.0439 e. The second-order valence-corrected chi connectivity index (χ2v) is 7.19. The first-order valence-corrected chi connectivity index (χ1v) is 9.06. The number of hydrogen-bond acceptors (Lipinski definition) is 1. The molecule has 1 nitrogen and oxygen atoms in total. The molecule has 1 saturated carbocycles. The van der Waals surface area contributed by atoms with Gasteiger partial charge in [0.05, 0.1) is 0 Å². The van der Waals surface area contributed by atoms with E-state index in [2.05, 4.69) is 19.2 Å². The maximum absolute atomic E-state index is 6.36. The number of rotatable bonds is 6. The SMILES string of the molecule is CCCNC1CCC(CC)CC1Cc1cc(Cl)ccc1Cl. The summed E-state index contributed by atoms with van der Waals surface area (Å²) < 4.78 is 0. The summed E-state index contributed by atoms with van der Waals surface area (Å²) in [5.41, 5.74) is 1.20. The van der Waals surface area contributed by atoms with Gasteiger partial charge in [0.2, 0.25) is 0 Å². The molecule has 118 valence electrons. The van der Waals surface area contributed by atoms with Crippen molar-refractivity contribution in [2.45, 2.75) is 58.4 Å². The van der Waals surface area contributed by atoms with E-state index in [0.29, 0.717) is 12.0 Å². The topological polar surface area (TPSA) is 12.0 Å². The maximum atomic E-state index is 6.36. The van der Waals surface area contributed by atoms with Crippen LogP contribution in [0, 0.1) is 11.8 Å². The lowest BCUT2D eigenvalue weighted by molar-refractivity contribution is 0.198. The van der Waals surface area contributed by atoms with Crippen LogP contribution in [-0.4, -0.2) is 12.6 Å². The zero-order valence-corrected chi connectivity index (χ0v) is 14.7. The van der Waals surface area contributed by atoms with Gasteiger partial charge in [-0.05, 0) is 74.2 Å². The van der Waals surface area contributed by atoms with Crippen LogP contribution >= 0.6 is 23.2 Å². The molecule has 0 radical (unpaired) electrons. The van der Waals surface area contributed by atoms with E-state index in [0.717, 1.165) is 28.9 Å². The lowest BCUT2D eigenvalue weighted by atomic mass is 9.74. The van der Waals surface area contributed by atoms with E-state index < -0.39 is 0 Å². The Morgan fingerprint density at radius 1 is 1.19 bits per heavy atom. The fourth-order valence-corrected chi connectivity index (χ4v) is 3.93. The summed E-state index contributed by atoms with van der Waals surface area (Å²) in [4.78, 5) is 0. The molecule has 3 atom stereocenters. The van der Waals surface area contributed by atoms with Crippen molar-refractivity contribution in [3.05, 3.63) is 33.8 Å². The molecule has 1 aromatic rings. The minimum absolute atomic E-state index is 0.628. The van der Waals surface area contributed by atoms with Crippen LogP contribution in [0.25, 0.3) is 0 Å². The van der Waals surface area contributed by atoms with Crippen LogP contribution in [0.2, 0.25) is 10.0 Å². The van der Waals surface area contributed by atoms with Crippen LogP contribution in [-0.2, 0) is 6.42 Å². The zero-order chi connectivity index (χ0) is 15.2. The van der Waals surface area contributed by atoms with Gasteiger partial charge in [0.1, 0.15) is 0 Å². The second-order valence-electron chi connectivity index (χ2n) is 6.35. The molecule has 1 aromatic carbocycles. The van der Waals surface area contributed by atoms with Gasteiger partial charge in [-0.15, -0.1) is 0 Å². The standard InChI is InChI=1S/C18H27Cl2N/c1-3-9-21-18-8-5-13(4-2)10-15(18)11-14-12-16(19)6-7-17(14)20/h6-7,12-13,15,18,21H,3-5,8-11H2,1-2H3. The lowest BCUT2D eigenvalue weighted by Crippen LogP contribution is -2.42. The van der Waals surface area contributed by atoms with E-state index in [1.165, 1.54) is 37.7 Å². The van der Waals surface area contributed by atoms with Crippen LogP contribution in [0.5, 0.6) is 0 Å². The van der Waals surface area contributed by atoms with E-state index in [1.807, 2.05) is 18.2 Å². The Hall–Kier alpha value is -0.240. The van der Waals surface area contributed by atoms with Gasteiger partial charge in [0.25, 0.3) is 0 Å². The normalized spacial score (nSPS) is 26.0. The van der Waals surface area contributed by atoms with Crippen molar-refractivity contribution in [3.8, 4) is 0 Å². The highest BCUT2D eigenvalue weighted by molar-refractivity contribution is 6.33. The first kappa shape index (κ1) is 17.1. The molecule has 0 aliphatic heterocycles. The molecule has 0 spiro atoms. The van der Waals surface area contributed by atoms with Crippen LogP contribution in [0.4, 0.5) is 0 Å². The summed E-state index contributed by atoms with van der Waals surface area (Å²) in [6, 6.07) is 6.46. The summed E-state index contributed by atoms with van der Waals surface area (Å²) >= 11 is 12.5. The average Bonchev–Trinajstić information content (AvgIpc) is 2.49. The third kappa shape index (κ3) is 4.87. The summed E-state index contributed by atoms with van der Waals surface area (Å²) in [7, 11) is 0. The molecule has 2 rings (SSSR count). The predicted molar refractivity (Wildman–Crippen MR) is 93.4 cm³/mol. The largest absolute Gasteiger partial charge is 0.314 e. The third-order valence-corrected chi connectivity index (χ3v) is 5.42. The summed E-state index contributed by atoms with van der Waals surface area (Å²) in [5, 5.41) is 5.39. The van der Waals surface area contributed by atoms with Gasteiger partial charge in [0, 0.05) is 16.1 Å². The van der Waals surface area contributed by atoms with Crippen LogP contribution in [0.15, 0.2) is 18.2 Å². The molecule has 0 bridgehead atoms. The molecule has 0 saturated heterocycles. The average molecular weight is 328 g/mol. The Labute approximate surface area is 139 Å². The molecule has 0 aromatic heterocycles. The Morgan fingerprint density at radius 2 is 2.00 bits per heavy atom. The van der Waals surface area contributed by atoms with Gasteiger partial charge in [-0.3, -0.25) is 0 Å². The summed E-state index contributed by atoms with van der Waals surface area (Å²) in [5.74, 6) is 1.54. The molecule has 0 amide bonds. The van der Waals surface area contributed by atoms with Gasteiger partial charge >= 0.3 is 0 Å². The van der Waals surface area contributed by atoms with E-state index in [4.69, 9.17) is 23.2 Å². The minimum Gasteiger partial charge on any atom is -0.314 e. The molecule has 3 heteroatoms. The summed E-state index contributed by atoms with van der Waals surface area (Å²) in [6.45, 7) is 5.66. The van der Waals surface area contributed by atoms with Gasteiger partial charge < -0.3 is 5.32 Å². The van der Waals surface area contributed by atoms with Gasteiger partial charge in [-0.2, -0.15) is 0 Å². The Morgan fingerprint density at radius 3 is 2.71 bits per heavy atom. The molecule has 0 heterocycles. The summed E-state index contributed by atoms with van der Waals surface area (Å²) in [6.07, 6.45) is 7.48. The van der Waals surface area contributed by atoms with E-state index in [1.54, 1.807) is 0 Å². The fourth-order valence-electron chi connectivity index (χ4n) is 3.54.